The monoisotopic (exact) mass is 285 g/mol. The van der Waals surface area contributed by atoms with Gasteiger partial charge in [0, 0.05) is 11.6 Å². The Balaban J connectivity index is 2.50. The van der Waals surface area contributed by atoms with Gasteiger partial charge in [-0.3, -0.25) is 10.1 Å². The first-order chi connectivity index (χ1) is 10.7. The molecule has 0 unspecified atom stereocenters. The van der Waals surface area contributed by atoms with Gasteiger partial charge in [0.05, 0.1) is 10.5 Å². The standard InChI is InChI=1S/C17H7N3O2/c18-9-11(10-19)8-15-13-5-2-1-4-12(13)14-6-3-7-16(17(14)15)20(21)22/h1-7H. The first-order valence-electron chi connectivity index (χ1n) is 6.36. The molecule has 1 aliphatic carbocycles. The topological polar surface area (TPSA) is 90.7 Å². The summed E-state index contributed by atoms with van der Waals surface area (Å²) in [5.41, 5.74) is 5.54. The predicted molar refractivity (Wildman–Crippen MR) is 79.3 cm³/mol. The summed E-state index contributed by atoms with van der Waals surface area (Å²) in [6.45, 7) is 0. The van der Waals surface area contributed by atoms with Crippen molar-refractivity contribution in [1.29, 1.82) is 10.5 Å². The first-order valence-corrected chi connectivity index (χ1v) is 6.36. The van der Waals surface area contributed by atoms with E-state index in [0.717, 1.165) is 11.1 Å². The van der Waals surface area contributed by atoms with Gasteiger partial charge in [-0.1, -0.05) is 42.1 Å². The van der Waals surface area contributed by atoms with E-state index in [1.807, 2.05) is 12.1 Å². The van der Waals surface area contributed by atoms with Crippen molar-refractivity contribution in [3.63, 3.8) is 0 Å². The molecule has 5 nitrogen and oxygen atoms in total. The molecule has 2 aromatic carbocycles. The van der Waals surface area contributed by atoms with Gasteiger partial charge in [0.15, 0.2) is 5.57 Å². The third-order valence-electron chi connectivity index (χ3n) is 3.45. The molecule has 0 fully saturated rings. The molecule has 22 heavy (non-hydrogen) atoms. The van der Waals surface area contributed by atoms with Crippen LogP contribution in [0.3, 0.4) is 0 Å². The summed E-state index contributed by atoms with van der Waals surface area (Å²) in [5, 5.41) is 29.2. The zero-order chi connectivity index (χ0) is 15.7. The lowest BCUT2D eigenvalue weighted by molar-refractivity contribution is -0.385. The lowest BCUT2D eigenvalue weighted by Crippen LogP contribution is -1.93. The van der Waals surface area contributed by atoms with Crippen molar-refractivity contribution in [2.45, 2.75) is 0 Å². The van der Waals surface area contributed by atoms with Crippen LogP contribution in [0, 0.1) is 32.8 Å². The molecule has 0 saturated heterocycles. The molecule has 0 atom stereocenters. The number of fused-ring (bicyclic) bond motifs is 3. The SMILES string of the molecule is N#CC(=C=C1c2ccccc2-c2cccc([N+](=O)[O-])c21)C#N. The molecule has 0 aliphatic heterocycles. The lowest BCUT2D eigenvalue weighted by atomic mass is 10.0. The van der Waals surface area contributed by atoms with Gasteiger partial charge in [0.2, 0.25) is 0 Å². The Morgan fingerprint density at radius 2 is 1.59 bits per heavy atom. The van der Waals surface area contributed by atoms with E-state index in [1.165, 1.54) is 6.07 Å². The molecule has 102 valence electrons. The zero-order valence-corrected chi connectivity index (χ0v) is 11.2. The van der Waals surface area contributed by atoms with Crippen molar-refractivity contribution in [2.24, 2.45) is 0 Å². The molecule has 0 amide bonds. The van der Waals surface area contributed by atoms with Gasteiger partial charge >= 0.3 is 0 Å². The van der Waals surface area contributed by atoms with Crippen LogP contribution in [-0.4, -0.2) is 4.92 Å². The van der Waals surface area contributed by atoms with Crippen LogP contribution in [-0.2, 0) is 0 Å². The number of hydrogen-bond donors (Lipinski definition) is 0. The minimum Gasteiger partial charge on any atom is -0.258 e. The highest BCUT2D eigenvalue weighted by atomic mass is 16.6. The summed E-state index contributed by atoms with van der Waals surface area (Å²) in [5.74, 6) is 0. The number of rotatable bonds is 1. The van der Waals surface area contributed by atoms with Crippen molar-refractivity contribution >= 4 is 11.3 Å². The Labute approximate surface area is 125 Å². The van der Waals surface area contributed by atoms with Crippen LogP contribution in [0.5, 0.6) is 0 Å². The second-order valence-electron chi connectivity index (χ2n) is 4.60. The normalized spacial score (nSPS) is 10.7. The van der Waals surface area contributed by atoms with E-state index in [1.54, 1.807) is 36.4 Å². The summed E-state index contributed by atoms with van der Waals surface area (Å²) in [7, 11) is 0. The fraction of sp³-hybridized carbons (Fsp3) is 0. The maximum atomic E-state index is 11.3. The third kappa shape index (κ3) is 1.87. The molecule has 1 aliphatic rings. The number of nitrogens with zero attached hydrogens (tertiary/aromatic N) is 3. The molecular weight excluding hydrogens is 278 g/mol. The number of nitro groups is 1. The second kappa shape index (κ2) is 5.03. The Kier molecular flexibility index (Phi) is 3.05. The van der Waals surface area contributed by atoms with Crippen LogP contribution >= 0.6 is 0 Å². The zero-order valence-electron chi connectivity index (χ0n) is 11.2. The fourth-order valence-corrected chi connectivity index (χ4v) is 2.59. The highest BCUT2D eigenvalue weighted by Gasteiger charge is 2.30. The number of allylic oxidation sites excluding steroid dienone is 1. The smallest absolute Gasteiger partial charge is 0.258 e. The van der Waals surface area contributed by atoms with Crippen LogP contribution in [0.4, 0.5) is 5.69 Å². The first kappa shape index (κ1) is 13.3. The van der Waals surface area contributed by atoms with Crippen LogP contribution in [0.25, 0.3) is 16.7 Å². The van der Waals surface area contributed by atoms with Crippen LogP contribution in [0.15, 0.2) is 53.8 Å². The molecule has 0 bridgehead atoms. The summed E-state index contributed by atoms with van der Waals surface area (Å²) in [4.78, 5) is 10.8. The molecule has 0 heterocycles. The van der Waals surface area contributed by atoms with E-state index in [-0.39, 0.29) is 11.3 Å². The number of nitriles is 2. The maximum Gasteiger partial charge on any atom is 0.278 e. The van der Waals surface area contributed by atoms with E-state index in [0.29, 0.717) is 16.7 Å². The molecule has 0 spiro atoms. The Morgan fingerprint density at radius 1 is 0.955 bits per heavy atom. The quantitative estimate of drug-likeness (QED) is 0.296. The van der Waals surface area contributed by atoms with Crippen molar-refractivity contribution in [3.05, 3.63) is 75.0 Å². The van der Waals surface area contributed by atoms with Gasteiger partial charge in [-0.15, -0.1) is 0 Å². The van der Waals surface area contributed by atoms with Gasteiger partial charge in [-0.05, 0) is 16.7 Å². The van der Waals surface area contributed by atoms with Crippen molar-refractivity contribution < 1.29 is 4.92 Å². The molecule has 3 rings (SSSR count). The third-order valence-corrected chi connectivity index (χ3v) is 3.45. The summed E-state index contributed by atoms with van der Waals surface area (Å²) < 4.78 is 0. The minimum absolute atomic E-state index is 0.0635. The van der Waals surface area contributed by atoms with E-state index in [2.05, 4.69) is 5.73 Å². The van der Waals surface area contributed by atoms with Gasteiger partial charge in [0.1, 0.15) is 12.1 Å². The highest BCUT2D eigenvalue weighted by molar-refractivity contribution is 6.04. The van der Waals surface area contributed by atoms with E-state index < -0.39 is 4.92 Å². The molecule has 2 aromatic rings. The highest BCUT2D eigenvalue weighted by Crippen LogP contribution is 2.47. The van der Waals surface area contributed by atoms with E-state index in [4.69, 9.17) is 10.5 Å². The van der Waals surface area contributed by atoms with Crippen molar-refractivity contribution in [2.75, 3.05) is 0 Å². The molecular formula is C17H7N3O2. The lowest BCUT2D eigenvalue weighted by Gasteiger charge is -2.01. The summed E-state index contributed by atoms with van der Waals surface area (Å²) in [6, 6.07) is 15.6. The fourth-order valence-electron chi connectivity index (χ4n) is 2.59. The van der Waals surface area contributed by atoms with Gasteiger partial charge in [0.25, 0.3) is 5.69 Å². The molecule has 0 N–H and O–H groups in total. The number of hydrogen-bond acceptors (Lipinski definition) is 4. The minimum atomic E-state index is -0.467. The summed E-state index contributed by atoms with van der Waals surface area (Å²) in [6.07, 6.45) is 0. The summed E-state index contributed by atoms with van der Waals surface area (Å²) >= 11 is 0. The van der Waals surface area contributed by atoms with Gasteiger partial charge in [-0.25, -0.2) is 0 Å². The molecule has 0 radical (unpaired) electrons. The second-order valence-corrected chi connectivity index (χ2v) is 4.60. The van der Waals surface area contributed by atoms with Crippen LogP contribution in [0.2, 0.25) is 0 Å². The predicted octanol–water partition coefficient (Wildman–Crippen LogP) is 3.58. The number of nitro benzene ring substituents is 1. The Hall–Kier alpha value is -3.66. The largest absolute Gasteiger partial charge is 0.278 e. The van der Waals surface area contributed by atoms with Crippen LogP contribution in [0.1, 0.15) is 11.1 Å². The molecule has 0 saturated carbocycles. The van der Waals surface area contributed by atoms with E-state index in [9.17, 15) is 10.1 Å². The van der Waals surface area contributed by atoms with Crippen molar-refractivity contribution in [3.8, 4) is 23.3 Å². The molecule has 5 heteroatoms. The van der Waals surface area contributed by atoms with Crippen molar-refractivity contribution in [1.82, 2.24) is 0 Å². The van der Waals surface area contributed by atoms with E-state index >= 15 is 0 Å². The maximum absolute atomic E-state index is 11.3. The Bertz CT molecular complexity index is 952. The molecule has 0 aromatic heterocycles. The van der Waals surface area contributed by atoms with Crippen LogP contribution < -0.4 is 0 Å². The average Bonchev–Trinajstić information content (AvgIpc) is 2.86. The average molecular weight is 285 g/mol. The number of benzene rings is 2. The van der Waals surface area contributed by atoms with Gasteiger partial charge in [-0.2, -0.15) is 10.5 Å². The Morgan fingerprint density at radius 3 is 2.23 bits per heavy atom. The van der Waals surface area contributed by atoms with Gasteiger partial charge < -0.3 is 0 Å².